The Bertz CT molecular complexity index is 418. The number of rotatable bonds is 3. The van der Waals surface area contributed by atoms with Crippen molar-refractivity contribution in [1.82, 2.24) is 0 Å². The average Bonchev–Trinajstić information content (AvgIpc) is 2.18. The monoisotopic (exact) mass is 229 g/mol. The Morgan fingerprint density at radius 1 is 1.60 bits per heavy atom. The lowest BCUT2D eigenvalue weighted by molar-refractivity contribution is 0.0696. The fraction of sp³-hybridized carbons (Fsp3) is 0.100. The summed E-state index contributed by atoms with van der Waals surface area (Å²) in [5.74, 6) is -1.89. The molecule has 80 valence electrons. The Morgan fingerprint density at radius 3 is 2.80 bits per heavy atom. The van der Waals surface area contributed by atoms with Crippen LogP contribution in [0.3, 0.4) is 0 Å². The first-order chi connectivity index (χ1) is 7.06. The van der Waals surface area contributed by atoms with E-state index in [1.807, 2.05) is 0 Å². The van der Waals surface area contributed by atoms with Crippen LogP contribution in [-0.2, 0) is 0 Å². The number of aromatic carboxylic acids is 1. The molecular weight excluding hydrogens is 221 g/mol. The third kappa shape index (κ3) is 2.78. The highest BCUT2D eigenvalue weighted by Gasteiger charge is 2.12. The van der Waals surface area contributed by atoms with Gasteiger partial charge in [0.15, 0.2) is 0 Å². The molecule has 3 nitrogen and oxygen atoms in total. The van der Waals surface area contributed by atoms with E-state index >= 15 is 0 Å². The molecule has 1 rings (SSSR count). The quantitative estimate of drug-likeness (QED) is 0.835. The summed E-state index contributed by atoms with van der Waals surface area (Å²) in [6.07, 6.45) is 3.00. The molecule has 0 aliphatic carbocycles. The molecule has 0 aromatic heterocycles. The van der Waals surface area contributed by atoms with Crippen LogP contribution in [0.1, 0.15) is 15.9 Å². The van der Waals surface area contributed by atoms with Crippen molar-refractivity contribution >= 4 is 23.6 Å². The van der Waals surface area contributed by atoms with Crippen LogP contribution in [0.2, 0.25) is 5.02 Å². The van der Waals surface area contributed by atoms with E-state index in [2.05, 4.69) is 0 Å². The van der Waals surface area contributed by atoms with E-state index in [9.17, 15) is 9.18 Å². The predicted octanol–water partition coefficient (Wildman–Crippen LogP) is 2.15. The maximum absolute atomic E-state index is 13.3. The van der Waals surface area contributed by atoms with Gasteiger partial charge in [-0.3, -0.25) is 0 Å². The first-order valence-corrected chi connectivity index (χ1v) is 4.53. The number of carbonyl (C=O) groups is 1. The molecule has 3 N–H and O–H groups in total. The van der Waals surface area contributed by atoms with Crippen molar-refractivity contribution in [3.05, 3.63) is 40.2 Å². The third-order valence-corrected chi connectivity index (χ3v) is 2.06. The normalized spacial score (nSPS) is 10.9. The summed E-state index contributed by atoms with van der Waals surface area (Å²) in [6.45, 7) is 0.276. The fourth-order valence-electron chi connectivity index (χ4n) is 1.05. The zero-order chi connectivity index (χ0) is 11.4. The minimum atomic E-state index is -1.26. The number of halogens is 2. The Hall–Kier alpha value is -1.39. The molecule has 0 radical (unpaired) electrons. The molecule has 0 aliphatic rings. The molecule has 0 heterocycles. The molecule has 15 heavy (non-hydrogen) atoms. The lowest BCUT2D eigenvalue weighted by Crippen LogP contribution is -2.00. The van der Waals surface area contributed by atoms with Crippen LogP contribution in [0.4, 0.5) is 4.39 Å². The summed E-state index contributed by atoms with van der Waals surface area (Å²) in [5, 5.41) is 8.67. The van der Waals surface area contributed by atoms with Gasteiger partial charge in [-0.15, -0.1) is 0 Å². The minimum absolute atomic E-state index is 0.000529. The number of nitrogens with two attached hydrogens (primary N) is 1. The van der Waals surface area contributed by atoms with Gasteiger partial charge in [-0.1, -0.05) is 23.8 Å². The molecule has 0 fully saturated rings. The second kappa shape index (κ2) is 4.91. The van der Waals surface area contributed by atoms with Gasteiger partial charge >= 0.3 is 5.97 Å². The van der Waals surface area contributed by atoms with E-state index in [0.29, 0.717) is 0 Å². The number of carboxylic acids is 1. The molecule has 0 unspecified atom stereocenters. The lowest BCUT2D eigenvalue weighted by atomic mass is 10.1. The predicted molar refractivity (Wildman–Crippen MR) is 56.5 cm³/mol. The molecule has 0 aliphatic heterocycles. The molecule has 0 saturated carbocycles. The first-order valence-electron chi connectivity index (χ1n) is 4.15. The maximum atomic E-state index is 13.3. The average molecular weight is 230 g/mol. The highest BCUT2D eigenvalue weighted by Crippen LogP contribution is 2.21. The topological polar surface area (TPSA) is 63.3 Å². The van der Waals surface area contributed by atoms with Crippen LogP contribution in [-0.4, -0.2) is 17.6 Å². The van der Waals surface area contributed by atoms with Gasteiger partial charge in [0.2, 0.25) is 0 Å². The smallest absolute Gasteiger partial charge is 0.337 e. The minimum Gasteiger partial charge on any atom is -0.478 e. The summed E-state index contributed by atoms with van der Waals surface area (Å²) in [7, 11) is 0. The second-order valence-electron chi connectivity index (χ2n) is 2.80. The molecule has 0 atom stereocenters. The van der Waals surface area contributed by atoms with Crippen LogP contribution in [0.25, 0.3) is 6.08 Å². The standard InChI is InChI=1S/C10H9ClFNO2/c11-8-4-6(2-1-3-13)9(12)5-7(8)10(14)15/h1-2,4-5H,3,13H2,(H,14,15). The van der Waals surface area contributed by atoms with Gasteiger partial charge in [-0.05, 0) is 12.1 Å². The molecule has 1 aromatic rings. The zero-order valence-corrected chi connectivity index (χ0v) is 8.46. The van der Waals surface area contributed by atoms with Gasteiger partial charge in [0.25, 0.3) is 0 Å². The summed E-state index contributed by atoms with van der Waals surface area (Å²) in [6, 6.07) is 2.15. The van der Waals surface area contributed by atoms with Gasteiger partial charge in [0.1, 0.15) is 5.82 Å². The summed E-state index contributed by atoms with van der Waals surface area (Å²) >= 11 is 5.66. The van der Waals surface area contributed by atoms with E-state index in [-0.39, 0.29) is 22.7 Å². The number of hydrogen-bond donors (Lipinski definition) is 2. The fourth-order valence-corrected chi connectivity index (χ4v) is 1.30. The van der Waals surface area contributed by atoms with Gasteiger partial charge in [-0.25, -0.2) is 9.18 Å². The van der Waals surface area contributed by atoms with Crippen LogP contribution in [0.5, 0.6) is 0 Å². The molecule has 0 saturated heterocycles. The van der Waals surface area contributed by atoms with E-state index in [1.54, 1.807) is 6.08 Å². The number of benzene rings is 1. The number of carboxylic acid groups (broad SMARTS) is 1. The Morgan fingerprint density at radius 2 is 2.27 bits per heavy atom. The molecule has 0 bridgehead atoms. The largest absolute Gasteiger partial charge is 0.478 e. The highest BCUT2D eigenvalue weighted by atomic mass is 35.5. The zero-order valence-electron chi connectivity index (χ0n) is 7.71. The molecule has 5 heteroatoms. The van der Waals surface area contributed by atoms with E-state index < -0.39 is 11.8 Å². The molecule has 1 aromatic carbocycles. The van der Waals surface area contributed by atoms with Crippen LogP contribution in [0, 0.1) is 5.82 Å². The first kappa shape index (κ1) is 11.7. The van der Waals surface area contributed by atoms with Crippen LogP contribution < -0.4 is 5.73 Å². The highest BCUT2D eigenvalue weighted by molar-refractivity contribution is 6.33. The van der Waals surface area contributed by atoms with E-state index in [0.717, 1.165) is 6.07 Å². The van der Waals surface area contributed by atoms with Gasteiger partial charge < -0.3 is 10.8 Å². The van der Waals surface area contributed by atoms with Gasteiger partial charge in [0.05, 0.1) is 10.6 Å². The van der Waals surface area contributed by atoms with Crippen molar-refractivity contribution in [1.29, 1.82) is 0 Å². The summed E-state index contributed by atoms with van der Waals surface area (Å²) < 4.78 is 13.3. The van der Waals surface area contributed by atoms with Crippen molar-refractivity contribution in [2.24, 2.45) is 5.73 Å². The second-order valence-corrected chi connectivity index (χ2v) is 3.20. The van der Waals surface area contributed by atoms with Crippen LogP contribution >= 0.6 is 11.6 Å². The van der Waals surface area contributed by atoms with Crippen molar-refractivity contribution in [3.8, 4) is 0 Å². The SMILES string of the molecule is NCC=Cc1cc(Cl)c(C(=O)O)cc1F. The lowest BCUT2D eigenvalue weighted by Gasteiger charge is -2.02. The number of hydrogen-bond acceptors (Lipinski definition) is 2. The van der Waals surface area contributed by atoms with Gasteiger partial charge in [-0.2, -0.15) is 0 Å². The molecule has 0 amide bonds. The molecular formula is C10H9ClFNO2. The van der Waals surface area contributed by atoms with Crippen molar-refractivity contribution < 1.29 is 14.3 Å². The van der Waals surface area contributed by atoms with Crippen molar-refractivity contribution in [2.45, 2.75) is 0 Å². The summed E-state index contributed by atoms with van der Waals surface area (Å²) in [4.78, 5) is 10.6. The van der Waals surface area contributed by atoms with Crippen LogP contribution in [0.15, 0.2) is 18.2 Å². The maximum Gasteiger partial charge on any atom is 0.337 e. The summed E-state index contributed by atoms with van der Waals surface area (Å²) in [5.41, 5.74) is 5.17. The molecule has 0 spiro atoms. The Balaban J connectivity index is 3.19. The Kier molecular flexibility index (Phi) is 3.82. The van der Waals surface area contributed by atoms with E-state index in [1.165, 1.54) is 12.1 Å². The van der Waals surface area contributed by atoms with Crippen molar-refractivity contribution in [3.63, 3.8) is 0 Å². The Labute approximate surface area is 91.0 Å². The van der Waals surface area contributed by atoms with Gasteiger partial charge in [0, 0.05) is 12.1 Å². The third-order valence-electron chi connectivity index (χ3n) is 1.75. The van der Waals surface area contributed by atoms with Crippen molar-refractivity contribution in [2.75, 3.05) is 6.54 Å². The van der Waals surface area contributed by atoms with E-state index in [4.69, 9.17) is 22.4 Å².